The summed E-state index contributed by atoms with van der Waals surface area (Å²) in [6.45, 7) is 2.52. The fourth-order valence-corrected chi connectivity index (χ4v) is 6.26. The van der Waals surface area contributed by atoms with E-state index in [1.807, 2.05) is 41.4 Å². The third-order valence-corrected chi connectivity index (χ3v) is 8.68. The maximum atomic E-state index is 15.3. The number of nitrogens with zero attached hydrogens (tertiary/aromatic N) is 2. The number of H-pyrrole nitrogens is 2. The molecule has 0 fully saturated rings. The Morgan fingerprint density at radius 3 is 2.53 bits per heavy atom. The molecule has 3 aromatic carbocycles. The van der Waals surface area contributed by atoms with Gasteiger partial charge < -0.3 is 20.2 Å². The predicted molar refractivity (Wildman–Crippen MR) is 170 cm³/mol. The molecular weight excluding hydrogens is 588 g/mol. The smallest absolute Gasteiger partial charge is 0.268 e. The van der Waals surface area contributed by atoms with Gasteiger partial charge in [-0.15, -0.1) is 0 Å². The molecular formula is C33H30Cl2FN5O2. The molecule has 3 heterocycles. The quantitative estimate of drug-likeness (QED) is 0.164. The van der Waals surface area contributed by atoms with E-state index in [9.17, 15) is 9.18 Å². The molecule has 2 amide bonds. The maximum absolute atomic E-state index is 15.3. The average molecular weight is 619 g/mol. The van der Waals surface area contributed by atoms with Crippen molar-refractivity contribution in [1.29, 1.82) is 0 Å². The molecule has 0 aliphatic carbocycles. The van der Waals surface area contributed by atoms with Crippen LogP contribution in [0.5, 0.6) is 0 Å². The molecule has 0 saturated heterocycles. The van der Waals surface area contributed by atoms with E-state index >= 15 is 4.79 Å². The number of fused-ring (bicyclic) bond motifs is 2. The first-order valence-electron chi connectivity index (χ1n) is 14.0. The van der Waals surface area contributed by atoms with Crippen LogP contribution in [0.1, 0.15) is 24.5 Å². The summed E-state index contributed by atoms with van der Waals surface area (Å²) in [5.41, 5.74) is 2.20. The summed E-state index contributed by atoms with van der Waals surface area (Å²) in [4.78, 5) is 38.4. The number of anilines is 1. The SMILES string of the molecule is CC(=O)NC(Cc1c[nH]c2ccccc12)(C(=O)N(Cc1ccc(Cl)c(Cl)c1)c1c[nH]c2ccc(F)cc12)N1CC=CCC1. The number of benzene rings is 3. The monoisotopic (exact) mass is 617 g/mol. The number of aromatic nitrogens is 2. The van der Waals surface area contributed by atoms with E-state index in [1.54, 1.807) is 35.4 Å². The van der Waals surface area contributed by atoms with E-state index in [0.29, 0.717) is 46.1 Å². The van der Waals surface area contributed by atoms with Gasteiger partial charge in [-0.05, 0) is 53.9 Å². The van der Waals surface area contributed by atoms with Crippen LogP contribution in [-0.4, -0.2) is 45.4 Å². The molecule has 1 aliphatic rings. The van der Waals surface area contributed by atoms with Gasteiger partial charge >= 0.3 is 0 Å². The molecule has 6 rings (SSSR count). The molecule has 0 saturated carbocycles. The number of carbonyl (C=O) groups is 2. The van der Waals surface area contributed by atoms with E-state index < -0.39 is 11.5 Å². The van der Waals surface area contributed by atoms with Crippen LogP contribution >= 0.6 is 23.2 Å². The molecule has 7 nitrogen and oxygen atoms in total. The Morgan fingerprint density at radius 2 is 1.77 bits per heavy atom. The van der Waals surface area contributed by atoms with Crippen LogP contribution in [0.2, 0.25) is 10.0 Å². The van der Waals surface area contributed by atoms with Gasteiger partial charge in [-0.1, -0.05) is 59.6 Å². The van der Waals surface area contributed by atoms with Crippen molar-refractivity contribution in [3.63, 3.8) is 0 Å². The number of halogens is 3. The van der Waals surface area contributed by atoms with Crippen LogP contribution in [0.3, 0.4) is 0 Å². The highest BCUT2D eigenvalue weighted by atomic mass is 35.5. The molecule has 1 atom stereocenters. The molecule has 1 aliphatic heterocycles. The molecule has 10 heteroatoms. The van der Waals surface area contributed by atoms with Crippen molar-refractivity contribution in [2.24, 2.45) is 0 Å². The van der Waals surface area contributed by atoms with Crippen LogP contribution in [0, 0.1) is 5.82 Å². The number of hydrogen-bond donors (Lipinski definition) is 3. The molecule has 2 aromatic heterocycles. The fraction of sp³-hybridized carbons (Fsp3) is 0.212. The normalized spacial score (nSPS) is 15.1. The Kier molecular flexibility index (Phi) is 8.01. The zero-order valence-electron chi connectivity index (χ0n) is 23.5. The number of amides is 2. The van der Waals surface area contributed by atoms with E-state index in [0.717, 1.165) is 22.0 Å². The van der Waals surface area contributed by atoms with Crippen LogP contribution in [0.25, 0.3) is 21.8 Å². The number of hydrogen-bond acceptors (Lipinski definition) is 3. The molecule has 43 heavy (non-hydrogen) atoms. The van der Waals surface area contributed by atoms with Crippen molar-refractivity contribution in [3.8, 4) is 0 Å². The predicted octanol–water partition coefficient (Wildman–Crippen LogP) is 6.97. The highest BCUT2D eigenvalue weighted by Crippen LogP contribution is 2.35. The molecule has 0 radical (unpaired) electrons. The van der Waals surface area contributed by atoms with E-state index in [1.165, 1.54) is 19.1 Å². The first-order valence-corrected chi connectivity index (χ1v) is 14.8. The third kappa shape index (κ3) is 5.66. The second-order valence-electron chi connectivity index (χ2n) is 10.8. The molecule has 0 spiro atoms. The Hall–Kier alpha value is -4.11. The minimum atomic E-state index is -1.48. The van der Waals surface area contributed by atoms with Gasteiger partial charge in [0.05, 0.1) is 22.3 Å². The number of para-hydroxylation sites is 1. The molecule has 5 aromatic rings. The Morgan fingerprint density at radius 1 is 0.977 bits per heavy atom. The number of aromatic amines is 2. The fourth-order valence-electron chi connectivity index (χ4n) is 5.94. The summed E-state index contributed by atoms with van der Waals surface area (Å²) in [5.74, 6) is -1.13. The lowest BCUT2D eigenvalue weighted by Crippen LogP contribution is -2.70. The van der Waals surface area contributed by atoms with Gasteiger partial charge in [0.1, 0.15) is 5.82 Å². The highest BCUT2D eigenvalue weighted by molar-refractivity contribution is 6.42. The summed E-state index contributed by atoms with van der Waals surface area (Å²) < 4.78 is 14.6. The topological polar surface area (TPSA) is 84.2 Å². The van der Waals surface area contributed by atoms with Crippen molar-refractivity contribution in [2.45, 2.75) is 32.0 Å². The lowest BCUT2D eigenvalue weighted by Gasteiger charge is -2.46. The second kappa shape index (κ2) is 11.9. The van der Waals surface area contributed by atoms with Crippen molar-refractivity contribution in [2.75, 3.05) is 18.0 Å². The van der Waals surface area contributed by atoms with Gasteiger partial charge in [-0.3, -0.25) is 14.5 Å². The first kappa shape index (κ1) is 29.0. The molecule has 3 N–H and O–H groups in total. The van der Waals surface area contributed by atoms with E-state index in [2.05, 4.69) is 21.4 Å². The maximum Gasteiger partial charge on any atom is 0.268 e. The number of carbonyl (C=O) groups excluding carboxylic acids is 2. The van der Waals surface area contributed by atoms with E-state index in [-0.39, 0.29) is 24.8 Å². The lowest BCUT2D eigenvalue weighted by molar-refractivity contribution is -0.139. The standard InChI is InChI=1S/C33H30Cl2FN5O2/c1-21(42)39-33(40-13-5-2-6-14-40,17-23-18-37-29-8-4-3-7-25(23)29)32(43)41(20-22-9-11-27(34)28(35)15-22)31-19-38-30-12-10-24(36)16-26(30)31/h2-5,7-12,15-16,18-19,37-38H,6,13-14,17,20H2,1H3,(H,39,42). The summed E-state index contributed by atoms with van der Waals surface area (Å²) in [5, 5.41) is 5.33. The van der Waals surface area contributed by atoms with Gasteiger partial charge in [0, 0.05) is 60.6 Å². The van der Waals surface area contributed by atoms with Gasteiger partial charge in [0.2, 0.25) is 5.91 Å². The van der Waals surface area contributed by atoms with Gasteiger partial charge in [-0.25, -0.2) is 4.39 Å². The largest absolute Gasteiger partial charge is 0.361 e. The minimum absolute atomic E-state index is 0.0953. The molecule has 220 valence electrons. The van der Waals surface area contributed by atoms with Gasteiger partial charge in [0.25, 0.3) is 5.91 Å². The summed E-state index contributed by atoms with van der Waals surface area (Å²) in [7, 11) is 0. The lowest BCUT2D eigenvalue weighted by atomic mass is 9.93. The van der Waals surface area contributed by atoms with Crippen LogP contribution in [0.15, 0.2) is 85.2 Å². The van der Waals surface area contributed by atoms with Gasteiger partial charge in [-0.2, -0.15) is 0 Å². The Labute approximate surface area is 258 Å². The minimum Gasteiger partial charge on any atom is -0.361 e. The van der Waals surface area contributed by atoms with Gasteiger partial charge in [0.15, 0.2) is 5.66 Å². The number of rotatable bonds is 8. The zero-order valence-corrected chi connectivity index (χ0v) is 25.0. The highest BCUT2D eigenvalue weighted by Gasteiger charge is 2.48. The van der Waals surface area contributed by atoms with Crippen LogP contribution < -0.4 is 10.2 Å². The Balaban J connectivity index is 1.55. The summed E-state index contributed by atoms with van der Waals surface area (Å²) >= 11 is 12.6. The van der Waals surface area contributed by atoms with Crippen molar-refractivity contribution in [1.82, 2.24) is 20.2 Å². The average Bonchev–Trinajstić information content (AvgIpc) is 3.61. The first-order chi connectivity index (χ1) is 20.7. The van der Waals surface area contributed by atoms with Crippen molar-refractivity contribution < 1.29 is 14.0 Å². The zero-order chi connectivity index (χ0) is 30.1. The van der Waals surface area contributed by atoms with Crippen LogP contribution in [-0.2, 0) is 22.6 Å². The summed E-state index contributed by atoms with van der Waals surface area (Å²) in [6, 6.07) is 17.5. The molecule has 1 unspecified atom stereocenters. The third-order valence-electron chi connectivity index (χ3n) is 7.94. The van der Waals surface area contributed by atoms with E-state index in [4.69, 9.17) is 23.2 Å². The number of nitrogens with one attached hydrogen (secondary N) is 3. The van der Waals surface area contributed by atoms with Crippen molar-refractivity contribution >= 4 is 62.5 Å². The Bertz CT molecular complexity index is 1860. The van der Waals surface area contributed by atoms with Crippen LogP contribution in [0.4, 0.5) is 10.1 Å². The summed E-state index contributed by atoms with van der Waals surface area (Å²) in [6.07, 6.45) is 8.57. The second-order valence-corrected chi connectivity index (χ2v) is 11.6. The van der Waals surface area contributed by atoms with Crippen molar-refractivity contribution in [3.05, 3.63) is 112 Å². The molecule has 0 bridgehead atoms.